The number of ether oxygens (including phenoxy) is 3. The third-order valence-corrected chi connectivity index (χ3v) is 5.97. The molecule has 3 aromatic rings. The molecular formula is C21H25N7O4. The van der Waals surface area contributed by atoms with Gasteiger partial charge in [0.2, 0.25) is 0 Å². The molecule has 2 aliphatic rings. The number of methoxy groups -OCH3 is 1. The first-order chi connectivity index (χ1) is 15.6. The maximum absolute atomic E-state index is 9.74. The number of anilines is 2. The number of hydrogen-bond donors (Lipinski definition) is 0. The summed E-state index contributed by atoms with van der Waals surface area (Å²) in [5.74, 6) is 0.600. The second kappa shape index (κ2) is 8.48. The highest BCUT2D eigenvalue weighted by Crippen LogP contribution is 2.33. The van der Waals surface area contributed by atoms with Gasteiger partial charge in [-0.2, -0.15) is 20.4 Å². The van der Waals surface area contributed by atoms with E-state index in [1.807, 2.05) is 23.9 Å². The van der Waals surface area contributed by atoms with Gasteiger partial charge in [0.05, 0.1) is 44.9 Å². The van der Waals surface area contributed by atoms with Crippen molar-refractivity contribution in [3.05, 3.63) is 30.4 Å². The molecule has 3 aromatic heterocycles. The van der Waals surface area contributed by atoms with E-state index in [1.54, 1.807) is 29.2 Å². The Balaban J connectivity index is 1.58. The SMILES string of the molecule is CO[C@H]1COC[C@@H]1ON(c1cnn(C)c1)c1ncc2cc(C#N)n([C@H]3COC[C@@H]3C)c2n1. The van der Waals surface area contributed by atoms with E-state index in [2.05, 4.69) is 23.1 Å². The van der Waals surface area contributed by atoms with Gasteiger partial charge in [-0.3, -0.25) is 9.52 Å². The molecule has 2 saturated heterocycles. The summed E-state index contributed by atoms with van der Waals surface area (Å²) in [6, 6.07) is 4.12. The van der Waals surface area contributed by atoms with Gasteiger partial charge in [-0.15, -0.1) is 0 Å². The van der Waals surface area contributed by atoms with E-state index in [-0.39, 0.29) is 24.2 Å². The van der Waals surface area contributed by atoms with Crippen LogP contribution in [0.1, 0.15) is 18.7 Å². The summed E-state index contributed by atoms with van der Waals surface area (Å²) in [7, 11) is 3.46. The molecule has 0 aromatic carbocycles. The number of fused-ring (bicyclic) bond motifs is 1. The standard InChI is InChI=1S/C21H25N7O4/c1-13-9-30-10-17(13)27-15(5-22)4-14-6-23-21(25-20(14)27)28(16-7-24-26(2)8-16)32-19-12-31-11-18(19)29-3/h4,6-8,13,17-19H,9-12H2,1-3H3/t13-,17-,18-,19-/m0/s1. The van der Waals surface area contributed by atoms with Gasteiger partial charge >= 0.3 is 0 Å². The molecule has 0 radical (unpaired) electrons. The van der Waals surface area contributed by atoms with Gasteiger partial charge in [0, 0.05) is 31.7 Å². The zero-order chi connectivity index (χ0) is 22.2. The Morgan fingerprint density at radius 1 is 1.19 bits per heavy atom. The lowest BCUT2D eigenvalue weighted by Crippen LogP contribution is -2.35. The van der Waals surface area contributed by atoms with E-state index in [0.717, 1.165) is 5.39 Å². The van der Waals surface area contributed by atoms with Crippen molar-refractivity contribution in [2.75, 3.05) is 38.6 Å². The summed E-state index contributed by atoms with van der Waals surface area (Å²) in [6.07, 6.45) is 4.67. The Bertz CT molecular complexity index is 1150. The lowest BCUT2D eigenvalue weighted by atomic mass is 10.1. The zero-order valence-electron chi connectivity index (χ0n) is 18.2. The van der Waals surface area contributed by atoms with Crippen LogP contribution in [0.5, 0.6) is 0 Å². The minimum Gasteiger partial charge on any atom is -0.379 e. The van der Waals surface area contributed by atoms with Crippen LogP contribution in [0.25, 0.3) is 11.0 Å². The van der Waals surface area contributed by atoms with Crippen molar-refractivity contribution in [1.82, 2.24) is 24.3 Å². The van der Waals surface area contributed by atoms with Gasteiger partial charge in [-0.1, -0.05) is 6.92 Å². The molecule has 2 aliphatic heterocycles. The highest BCUT2D eigenvalue weighted by atomic mass is 16.7. The Kier molecular flexibility index (Phi) is 5.52. The second-order valence-corrected chi connectivity index (χ2v) is 8.16. The maximum atomic E-state index is 9.74. The van der Waals surface area contributed by atoms with Crippen LogP contribution in [0.2, 0.25) is 0 Å². The van der Waals surface area contributed by atoms with Crippen molar-refractivity contribution in [1.29, 1.82) is 5.26 Å². The molecule has 2 fully saturated rings. The third-order valence-electron chi connectivity index (χ3n) is 5.97. The Hall–Kier alpha value is -3.04. The fraction of sp³-hybridized carbons (Fsp3) is 0.524. The Morgan fingerprint density at radius 3 is 2.69 bits per heavy atom. The van der Waals surface area contributed by atoms with Crippen molar-refractivity contribution in [2.24, 2.45) is 13.0 Å². The molecule has 0 spiro atoms. The molecule has 5 heterocycles. The predicted molar refractivity (Wildman–Crippen MR) is 113 cm³/mol. The van der Waals surface area contributed by atoms with E-state index in [0.29, 0.717) is 49.4 Å². The first-order valence-electron chi connectivity index (χ1n) is 10.5. The fourth-order valence-corrected chi connectivity index (χ4v) is 4.20. The average molecular weight is 439 g/mol. The smallest absolute Gasteiger partial charge is 0.256 e. The molecule has 0 N–H and O–H groups in total. The van der Waals surface area contributed by atoms with Crippen LogP contribution in [-0.2, 0) is 26.1 Å². The maximum Gasteiger partial charge on any atom is 0.256 e. The fourth-order valence-electron chi connectivity index (χ4n) is 4.20. The number of aromatic nitrogens is 5. The quantitative estimate of drug-likeness (QED) is 0.530. The predicted octanol–water partition coefficient (Wildman–Crippen LogP) is 1.73. The highest BCUT2D eigenvalue weighted by Gasteiger charge is 2.34. The summed E-state index contributed by atoms with van der Waals surface area (Å²) >= 11 is 0. The molecule has 11 heteroatoms. The van der Waals surface area contributed by atoms with E-state index in [1.165, 1.54) is 0 Å². The minimum absolute atomic E-state index is 0.0266. The number of nitrogens with zero attached hydrogens (tertiary/aromatic N) is 7. The van der Waals surface area contributed by atoms with Gasteiger partial charge in [0.1, 0.15) is 35.3 Å². The van der Waals surface area contributed by atoms with E-state index >= 15 is 0 Å². The summed E-state index contributed by atoms with van der Waals surface area (Å²) in [4.78, 5) is 15.6. The molecule has 0 saturated carbocycles. The van der Waals surface area contributed by atoms with E-state index in [4.69, 9.17) is 24.0 Å². The van der Waals surface area contributed by atoms with Crippen LogP contribution < -0.4 is 5.06 Å². The van der Waals surface area contributed by atoms with E-state index in [9.17, 15) is 5.26 Å². The van der Waals surface area contributed by atoms with Gasteiger partial charge in [-0.05, 0) is 6.07 Å². The molecule has 4 atom stereocenters. The molecule has 0 unspecified atom stereocenters. The molecule has 32 heavy (non-hydrogen) atoms. The molecule has 168 valence electrons. The number of aryl methyl sites for hydroxylation is 1. The van der Waals surface area contributed by atoms with Crippen molar-refractivity contribution in [3.63, 3.8) is 0 Å². The lowest BCUT2D eigenvalue weighted by Gasteiger charge is -2.26. The first-order valence-corrected chi connectivity index (χ1v) is 10.5. The first kappa shape index (κ1) is 20.8. The average Bonchev–Trinajstić information content (AvgIpc) is 3.57. The van der Waals surface area contributed by atoms with Crippen molar-refractivity contribution >= 4 is 22.7 Å². The Labute approximate surface area is 185 Å². The van der Waals surface area contributed by atoms with E-state index < -0.39 is 0 Å². The van der Waals surface area contributed by atoms with Crippen LogP contribution >= 0.6 is 0 Å². The van der Waals surface area contributed by atoms with Crippen LogP contribution in [0.3, 0.4) is 0 Å². The molecular weight excluding hydrogens is 414 g/mol. The lowest BCUT2D eigenvalue weighted by molar-refractivity contribution is -0.0298. The Morgan fingerprint density at radius 2 is 2.00 bits per heavy atom. The van der Waals surface area contributed by atoms with Gasteiger partial charge < -0.3 is 18.8 Å². The zero-order valence-corrected chi connectivity index (χ0v) is 18.2. The molecule has 0 bridgehead atoms. The largest absolute Gasteiger partial charge is 0.379 e. The van der Waals surface area contributed by atoms with Crippen LogP contribution in [0, 0.1) is 17.2 Å². The van der Waals surface area contributed by atoms with Crippen molar-refractivity contribution < 1.29 is 19.0 Å². The second-order valence-electron chi connectivity index (χ2n) is 8.16. The van der Waals surface area contributed by atoms with Gasteiger partial charge in [-0.25, -0.2) is 4.98 Å². The minimum atomic E-state index is -0.329. The monoisotopic (exact) mass is 439 g/mol. The number of rotatable bonds is 6. The highest BCUT2D eigenvalue weighted by molar-refractivity contribution is 5.79. The van der Waals surface area contributed by atoms with Crippen LogP contribution in [0.4, 0.5) is 11.6 Å². The summed E-state index contributed by atoms with van der Waals surface area (Å²) in [5.41, 5.74) is 1.87. The molecule has 11 nitrogen and oxygen atoms in total. The number of hydrogen-bond acceptors (Lipinski definition) is 9. The topological polar surface area (TPSA) is 112 Å². The van der Waals surface area contributed by atoms with Crippen molar-refractivity contribution in [3.8, 4) is 6.07 Å². The summed E-state index contributed by atoms with van der Waals surface area (Å²) in [6.45, 7) is 4.15. The summed E-state index contributed by atoms with van der Waals surface area (Å²) < 4.78 is 20.3. The van der Waals surface area contributed by atoms with Gasteiger partial charge in [0.15, 0.2) is 0 Å². The normalized spacial score (nSPS) is 25.4. The summed E-state index contributed by atoms with van der Waals surface area (Å²) in [5, 5.41) is 16.3. The number of nitriles is 1. The van der Waals surface area contributed by atoms with Crippen LogP contribution in [0.15, 0.2) is 24.7 Å². The van der Waals surface area contributed by atoms with Crippen molar-refractivity contribution in [2.45, 2.75) is 25.2 Å². The van der Waals surface area contributed by atoms with Gasteiger partial charge in [0.25, 0.3) is 5.95 Å². The molecule has 0 amide bonds. The van der Waals surface area contributed by atoms with Crippen LogP contribution in [-0.4, -0.2) is 70.1 Å². The molecule has 5 rings (SSSR count). The third kappa shape index (κ3) is 3.61. The molecule has 0 aliphatic carbocycles.